The Kier molecular flexibility index (Phi) is 1.53. The summed E-state index contributed by atoms with van der Waals surface area (Å²) in [5, 5.41) is 0. The summed E-state index contributed by atoms with van der Waals surface area (Å²) in [5.74, 6) is 0. The zero-order valence-corrected chi connectivity index (χ0v) is 4.58. The largest absolute Gasteiger partial charge is 1.00 e. The van der Waals surface area contributed by atoms with Crippen LogP contribution in [0.5, 0.6) is 0 Å². The fourth-order valence-corrected chi connectivity index (χ4v) is 0.144. The van der Waals surface area contributed by atoms with Crippen LogP contribution in [-0.4, -0.2) is 0 Å². The molecule has 6 heavy (non-hydrogen) atoms. The fraction of sp³-hybridized carbons (Fsp3) is 0.600. The van der Waals surface area contributed by atoms with E-state index in [9.17, 15) is 0 Å². The first kappa shape index (κ1) is 6.34. The second-order valence-corrected chi connectivity index (χ2v) is 2.01. The van der Waals surface area contributed by atoms with Crippen LogP contribution in [0.15, 0.2) is 6.08 Å². The molecule has 0 radical (unpaired) electrons. The van der Waals surface area contributed by atoms with Crippen LogP contribution in [0.3, 0.4) is 0 Å². The van der Waals surface area contributed by atoms with Crippen molar-refractivity contribution in [1.29, 1.82) is 0 Å². The minimum atomic E-state index is 0. The second kappa shape index (κ2) is 1.44. The quantitative estimate of drug-likeness (QED) is 0.239. The van der Waals surface area contributed by atoms with E-state index in [0.717, 1.165) is 0 Å². The smallest absolute Gasteiger partial charge is 0.495 e. The van der Waals surface area contributed by atoms with Crippen molar-refractivity contribution < 1.29 is 18.9 Å². The maximum absolute atomic E-state index is 3.05. The Morgan fingerprint density at radius 2 is 1.67 bits per heavy atom. The first-order chi connectivity index (χ1) is 2.21. The topological polar surface area (TPSA) is 0 Å². The molecule has 0 aromatic rings. The van der Waals surface area contributed by atoms with Gasteiger partial charge in [0.25, 0.3) is 0 Å². The van der Waals surface area contributed by atoms with Gasteiger partial charge in [-0.2, -0.15) is 5.41 Å². The summed E-state index contributed by atoms with van der Waals surface area (Å²) >= 11 is 0. The van der Waals surface area contributed by atoms with Gasteiger partial charge in [0.2, 0.25) is 0 Å². The Morgan fingerprint density at radius 3 is 1.67 bits per heavy atom. The zero-order chi connectivity index (χ0) is 3.91. The van der Waals surface area contributed by atoms with Crippen molar-refractivity contribution in [3.63, 3.8) is 0 Å². The average Bonchev–Trinajstić information content (AvgIpc) is 1.76. The van der Waals surface area contributed by atoms with Crippen molar-refractivity contribution in [2.75, 3.05) is 0 Å². The van der Waals surface area contributed by atoms with Crippen LogP contribution in [0.25, 0.3) is 0 Å². The van der Waals surface area contributed by atoms with Gasteiger partial charge in [-0.25, -0.2) is 0 Å². The Morgan fingerprint density at radius 1 is 1.50 bits per heavy atom. The van der Waals surface area contributed by atoms with Crippen molar-refractivity contribution >= 4 is 0 Å². The van der Waals surface area contributed by atoms with Gasteiger partial charge in [-0.3, -0.25) is 6.08 Å². The molecule has 0 nitrogen and oxygen atoms in total. The van der Waals surface area contributed by atoms with Gasteiger partial charge in [0.05, 0.1) is 0 Å². The Bertz CT molecular complexity index is 64.0. The average molecular weight is 74.1 g/mol. The van der Waals surface area contributed by atoms with Crippen LogP contribution >= 0.6 is 0 Å². The molecule has 0 unspecified atom stereocenters. The van der Waals surface area contributed by atoms with Gasteiger partial charge >= 0.3 is 18.9 Å². The summed E-state index contributed by atoms with van der Waals surface area (Å²) in [5.41, 5.74) is 0.375. The molecule has 1 heteroatoms. The summed E-state index contributed by atoms with van der Waals surface area (Å²) in [4.78, 5) is 0. The summed E-state index contributed by atoms with van der Waals surface area (Å²) in [6.07, 6.45) is 5.11. The third-order valence-electron chi connectivity index (χ3n) is 0.722. The van der Waals surface area contributed by atoms with Crippen molar-refractivity contribution in [3.8, 4) is 0 Å². The molecule has 0 N–H and O–H groups in total. The standard InChI is InChI=1S/C5H7.Li/c1-5(2)3-4-5;/h3H,1-2H3;/q-1;+1. The van der Waals surface area contributed by atoms with E-state index >= 15 is 0 Å². The molecule has 1 aliphatic rings. The van der Waals surface area contributed by atoms with E-state index < -0.39 is 0 Å². The molecule has 0 fully saturated rings. The molecule has 0 atom stereocenters. The molecule has 0 aromatic heterocycles. The molecule has 0 aromatic carbocycles. The maximum Gasteiger partial charge on any atom is 1.00 e. The Balaban J connectivity index is 0.000000250. The molecular formula is C5H7Li. The molecule has 0 spiro atoms. The van der Waals surface area contributed by atoms with Crippen molar-refractivity contribution in [2.24, 2.45) is 5.41 Å². The number of hydrogen-bond acceptors (Lipinski definition) is 0. The summed E-state index contributed by atoms with van der Waals surface area (Å²) in [6.45, 7) is 4.26. The number of allylic oxidation sites excluding steroid dienone is 2. The van der Waals surface area contributed by atoms with E-state index in [1.54, 1.807) is 0 Å². The molecule has 0 saturated heterocycles. The van der Waals surface area contributed by atoms with Gasteiger partial charge in [0.15, 0.2) is 0 Å². The third-order valence-corrected chi connectivity index (χ3v) is 0.722. The van der Waals surface area contributed by atoms with E-state index in [0.29, 0.717) is 5.41 Å². The van der Waals surface area contributed by atoms with Crippen LogP contribution in [-0.2, 0) is 0 Å². The molecule has 1 aliphatic carbocycles. The normalized spacial score (nSPS) is 22.3. The summed E-state index contributed by atoms with van der Waals surface area (Å²) in [6, 6.07) is 0. The SMILES string of the molecule is CC1(C)[C-]=C1.[Li+]. The predicted octanol–water partition coefficient (Wildman–Crippen LogP) is -1.61. The van der Waals surface area contributed by atoms with E-state index in [-0.39, 0.29) is 18.9 Å². The molecule has 0 bridgehead atoms. The second-order valence-electron chi connectivity index (χ2n) is 2.01. The van der Waals surface area contributed by atoms with E-state index in [1.807, 2.05) is 0 Å². The zero-order valence-electron chi connectivity index (χ0n) is 4.58. The summed E-state index contributed by atoms with van der Waals surface area (Å²) in [7, 11) is 0. The van der Waals surface area contributed by atoms with Crippen molar-refractivity contribution in [2.45, 2.75) is 13.8 Å². The Hall–Kier alpha value is 0.337. The molecule has 0 amide bonds. The van der Waals surface area contributed by atoms with Crippen molar-refractivity contribution in [1.82, 2.24) is 0 Å². The third kappa shape index (κ3) is 1.70. The van der Waals surface area contributed by atoms with Gasteiger partial charge in [0.1, 0.15) is 0 Å². The van der Waals surface area contributed by atoms with Gasteiger partial charge < -0.3 is 6.08 Å². The van der Waals surface area contributed by atoms with Crippen LogP contribution in [0.1, 0.15) is 13.8 Å². The van der Waals surface area contributed by atoms with Gasteiger partial charge in [-0.05, 0) is 0 Å². The first-order valence-corrected chi connectivity index (χ1v) is 1.83. The monoisotopic (exact) mass is 74.1 g/mol. The minimum Gasteiger partial charge on any atom is -0.495 e. The molecule has 0 heterocycles. The predicted molar refractivity (Wildman–Crippen MR) is 21.6 cm³/mol. The first-order valence-electron chi connectivity index (χ1n) is 1.83. The molecule has 1 rings (SSSR count). The Labute approximate surface area is 50.8 Å². The fourth-order valence-electron chi connectivity index (χ4n) is 0.144. The van der Waals surface area contributed by atoms with Crippen LogP contribution in [0, 0.1) is 11.5 Å². The molecular weight excluding hydrogens is 67.0 g/mol. The van der Waals surface area contributed by atoms with Gasteiger partial charge in [-0.1, -0.05) is 13.8 Å². The van der Waals surface area contributed by atoms with Crippen molar-refractivity contribution in [3.05, 3.63) is 12.2 Å². The van der Waals surface area contributed by atoms with Crippen LogP contribution in [0.2, 0.25) is 0 Å². The maximum atomic E-state index is 3.05. The van der Waals surface area contributed by atoms with E-state index in [2.05, 4.69) is 26.0 Å². The molecule has 0 aliphatic heterocycles. The molecule has 28 valence electrons. The minimum absolute atomic E-state index is 0. The summed E-state index contributed by atoms with van der Waals surface area (Å²) < 4.78 is 0. The number of rotatable bonds is 0. The number of hydrogen-bond donors (Lipinski definition) is 0. The molecule has 0 saturated carbocycles. The van der Waals surface area contributed by atoms with Gasteiger partial charge in [0, 0.05) is 0 Å². The van der Waals surface area contributed by atoms with E-state index in [1.165, 1.54) is 0 Å². The van der Waals surface area contributed by atoms with E-state index in [4.69, 9.17) is 0 Å². The van der Waals surface area contributed by atoms with Crippen LogP contribution in [0.4, 0.5) is 0 Å². The van der Waals surface area contributed by atoms with Gasteiger partial charge in [-0.15, -0.1) is 0 Å². The van der Waals surface area contributed by atoms with Crippen LogP contribution < -0.4 is 18.9 Å².